The number of carbonyl (C=O) groups is 1. The van der Waals surface area contributed by atoms with E-state index >= 15 is 0 Å². The van der Waals surface area contributed by atoms with Crippen molar-refractivity contribution in [3.63, 3.8) is 0 Å². The van der Waals surface area contributed by atoms with Crippen molar-refractivity contribution in [2.75, 3.05) is 18.5 Å². The minimum atomic E-state index is -1.50. The van der Waals surface area contributed by atoms with Crippen LogP contribution < -0.4 is 5.32 Å². The number of rotatable bonds is 6. The average molecular weight is 259 g/mol. The van der Waals surface area contributed by atoms with Gasteiger partial charge in [-0.3, -0.25) is 0 Å². The molecular weight excluding hydrogens is 244 g/mol. The van der Waals surface area contributed by atoms with Crippen LogP contribution >= 0.6 is 0 Å². The molecule has 0 amide bonds. The van der Waals surface area contributed by atoms with Gasteiger partial charge in [-0.05, 0) is 26.0 Å². The second kappa shape index (κ2) is 6.30. The van der Waals surface area contributed by atoms with Crippen molar-refractivity contribution >= 4 is 11.7 Å². The SMILES string of the molecule is CCOCC(C)Nc1ccc(C(=O)O)c(F)c1F. The highest BCUT2D eigenvalue weighted by atomic mass is 19.2. The Hall–Kier alpha value is -1.69. The van der Waals surface area contributed by atoms with Crippen molar-refractivity contribution in [1.82, 2.24) is 0 Å². The molecule has 0 bridgehead atoms. The zero-order valence-electron chi connectivity index (χ0n) is 10.2. The molecule has 2 N–H and O–H groups in total. The third kappa shape index (κ3) is 3.40. The van der Waals surface area contributed by atoms with E-state index in [1.165, 1.54) is 6.07 Å². The van der Waals surface area contributed by atoms with Gasteiger partial charge in [0.2, 0.25) is 0 Å². The fourth-order valence-corrected chi connectivity index (χ4v) is 1.43. The lowest BCUT2D eigenvalue weighted by Gasteiger charge is -2.16. The summed E-state index contributed by atoms with van der Waals surface area (Å²) in [5.74, 6) is -4.06. The summed E-state index contributed by atoms with van der Waals surface area (Å²) in [5, 5.41) is 11.4. The molecule has 1 aromatic carbocycles. The molecule has 0 radical (unpaired) electrons. The molecule has 1 unspecified atom stereocenters. The molecule has 0 heterocycles. The number of nitrogens with one attached hydrogen (secondary N) is 1. The molecule has 1 rings (SSSR count). The Kier molecular flexibility index (Phi) is 5.03. The first kappa shape index (κ1) is 14.4. The maximum atomic E-state index is 13.6. The molecule has 0 saturated carbocycles. The van der Waals surface area contributed by atoms with Gasteiger partial charge in [0.25, 0.3) is 0 Å². The van der Waals surface area contributed by atoms with Gasteiger partial charge in [-0.2, -0.15) is 0 Å². The number of aromatic carboxylic acids is 1. The first-order chi connectivity index (χ1) is 8.47. The Morgan fingerprint density at radius 1 is 1.44 bits per heavy atom. The standard InChI is InChI=1S/C12H15F2NO3/c1-3-18-6-7(2)15-9-5-4-8(12(16)17)10(13)11(9)14/h4-5,7,15H,3,6H2,1-2H3,(H,16,17). The van der Waals surface area contributed by atoms with Gasteiger partial charge in [-0.15, -0.1) is 0 Å². The average Bonchev–Trinajstić information content (AvgIpc) is 2.32. The van der Waals surface area contributed by atoms with Gasteiger partial charge in [0.05, 0.1) is 17.9 Å². The molecule has 18 heavy (non-hydrogen) atoms. The van der Waals surface area contributed by atoms with E-state index < -0.39 is 23.2 Å². The number of carboxylic acids is 1. The molecular formula is C12H15F2NO3. The molecule has 1 atom stereocenters. The molecule has 100 valence electrons. The second-order valence-electron chi connectivity index (χ2n) is 3.80. The lowest BCUT2D eigenvalue weighted by Crippen LogP contribution is -2.22. The van der Waals surface area contributed by atoms with Gasteiger partial charge in [0.15, 0.2) is 11.6 Å². The third-order valence-corrected chi connectivity index (χ3v) is 2.29. The number of halogens is 2. The quantitative estimate of drug-likeness (QED) is 0.824. The Morgan fingerprint density at radius 2 is 2.11 bits per heavy atom. The number of benzene rings is 1. The van der Waals surface area contributed by atoms with Crippen LogP contribution in [-0.4, -0.2) is 30.3 Å². The predicted octanol–water partition coefficient (Wildman–Crippen LogP) is 2.50. The van der Waals surface area contributed by atoms with Gasteiger partial charge in [0.1, 0.15) is 0 Å². The largest absolute Gasteiger partial charge is 0.478 e. The Labute approximate surface area is 104 Å². The van der Waals surface area contributed by atoms with E-state index in [2.05, 4.69) is 5.32 Å². The van der Waals surface area contributed by atoms with E-state index in [9.17, 15) is 13.6 Å². The highest BCUT2D eigenvalue weighted by Crippen LogP contribution is 2.21. The summed E-state index contributed by atoms with van der Waals surface area (Å²) in [6.07, 6.45) is 0. The van der Waals surface area contributed by atoms with Crippen LogP contribution in [0.3, 0.4) is 0 Å². The van der Waals surface area contributed by atoms with Crippen LogP contribution in [0.5, 0.6) is 0 Å². The highest BCUT2D eigenvalue weighted by molar-refractivity contribution is 5.88. The van der Waals surface area contributed by atoms with Crippen LogP contribution in [0.2, 0.25) is 0 Å². The van der Waals surface area contributed by atoms with Gasteiger partial charge in [0, 0.05) is 12.6 Å². The van der Waals surface area contributed by atoms with Gasteiger partial charge in [-0.25, -0.2) is 13.6 Å². The molecule has 0 aliphatic heterocycles. The van der Waals surface area contributed by atoms with Gasteiger partial charge in [-0.1, -0.05) is 0 Å². The van der Waals surface area contributed by atoms with E-state index in [1.807, 2.05) is 6.92 Å². The van der Waals surface area contributed by atoms with E-state index in [4.69, 9.17) is 9.84 Å². The summed E-state index contributed by atoms with van der Waals surface area (Å²) in [6, 6.07) is 2.01. The molecule has 0 fully saturated rings. The van der Waals surface area contributed by atoms with Crippen molar-refractivity contribution in [1.29, 1.82) is 0 Å². The van der Waals surface area contributed by atoms with Crippen molar-refractivity contribution in [2.45, 2.75) is 19.9 Å². The number of anilines is 1. The van der Waals surface area contributed by atoms with Crippen LogP contribution in [0.4, 0.5) is 14.5 Å². The molecule has 4 nitrogen and oxygen atoms in total. The first-order valence-electron chi connectivity index (χ1n) is 5.53. The van der Waals surface area contributed by atoms with E-state index in [0.717, 1.165) is 6.07 Å². The van der Waals surface area contributed by atoms with Crippen LogP contribution in [-0.2, 0) is 4.74 Å². The zero-order chi connectivity index (χ0) is 13.7. The minimum Gasteiger partial charge on any atom is -0.478 e. The maximum absolute atomic E-state index is 13.6. The molecule has 6 heteroatoms. The van der Waals surface area contributed by atoms with Crippen molar-refractivity contribution in [2.24, 2.45) is 0 Å². The lowest BCUT2D eigenvalue weighted by atomic mass is 10.1. The van der Waals surface area contributed by atoms with Crippen molar-refractivity contribution in [3.05, 3.63) is 29.3 Å². The number of carboxylic acid groups (broad SMARTS) is 1. The summed E-state index contributed by atoms with van der Waals surface area (Å²) < 4.78 is 32.1. The minimum absolute atomic E-state index is 0.0790. The van der Waals surface area contributed by atoms with Crippen LogP contribution in [0.25, 0.3) is 0 Å². The smallest absolute Gasteiger partial charge is 0.338 e. The fourth-order valence-electron chi connectivity index (χ4n) is 1.43. The Bertz CT molecular complexity index is 438. The summed E-state index contributed by atoms with van der Waals surface area (Å²) in [7, 11) is 0. The molecule has 1 aromatic rings. The summed E-state index contributed by atoms with van der Waals surface area (Å²) >= 11 is 0. The number of hydrogen-bond donors (Lipinski definition) is 2. The van der Waals surface area contributed by atoms with E-state index in [-0.39, 0.29) is 11.7 Å². The molecule has 0 aromatic heterocycles. The molecule has 0 aliphatic rings. The van der Waals surface area contributed by atoms with Crippen molar-refractivity contribution in [3.8, 4) is 0 Å². The van der Waals surface area contributed by atoms with Crippen LogP contribution in [0.15, 0.2) is 12.1 Å². The Morgan fingerprint density at radius 3 is 2.67 bits per heavy atom. The molecule has 0 spiro atoms. The summed E-state index contributed by atoms with van der Waals surface area (Å²) in [4.78, 5) is 10.6. The van der Waals surface area contributed by atoms with Crippen LogP contribution in [0, 0.1) is 11.6 Å². The van der Waals surface area contributed by atoms with Gasteiger partial charge < -0.3 is 15.2 Å². The lowest BCUT2D eigenvalue weighted by molar-refractivity contribution is 0.0690. The van der Waals surface area contributed by atoms with E-state index in [1.54, 1.807) is 6.92 Å². The number of hydrogen-bond acceptors (Lipinski definition) is 3. The Balaban J connectivity index is 2.85. The highest BCUT2D eigenvalue weighted by Gasteiger charge is 2.18. The second-order valence-corrected chi connectivity index (χ2v) is 3.80. The fraction of sp³-hybridized carbons (Fsp3) is 0.417. The third-order valence-electron chi connectivity index (χ3n) is 2.29. The van der Waals surface area contributed by atoms with Crippen LogP contribution in [0.1, 0.15) is 24.2 Å². The maximum Gasteiger partial charge on any atom is 0.338 e. The summed E-state index contributed by atoms with van der Waals surface area (Å²) in [5.41, 5.74) is -0.764. The number of ether oxygens (including phenoxy) is 1. The van der Waals surface area contributed by atoms with Gasteiger partial charge >= 0.3 is 5.97 Å². The van der Waals surface area contributed by atoms with E-state index in [0.29, 0.717) is 13.2 Å². The summed E-state index contributed by atoms with van der Waals surface area (Å²) in [6.45, 7) is 4.45. The molecule has 0 aliphatic carbocycles. The topological polar surface area (TPSA) is 58.6 Å². The monoisotopic (exact) mass is 259 g/mol. The van der Waals surface area contributed by atoms with Crippen molar-refractivity contribution < 1.29 is 23.4 Å². The molecule has 0 saturated heterocycles. The predicted molar refractivity (Wildman–Crippen MR) is 62.9 cm³/mol. The normalized spacial score (nSPS) is 12.2. The first-order valence-corrected chi connectivity index (χ1v) is 5.53. The zero-order valence-corrected chi connectivity index (χ0v) is 10.2.